The number of hydrogen-bond acceptors (Lipinski definition) is 3. The smallest absolute Gasteiger partial charge is 0.0553 e. The fraction of sp³-hybridized carbons (Fsp3) is 0.643. The summed E-state index contributed by atoms with van der Waals surface area (Å²) in [5.74, 6) is 0. The molecule has 0 amide bonds. The van der Waals surface area contributed by atoms with E-state index in [9.17, 15) is 0 Å². The first-order chi connectivity index (χ1) is 8.34. The Labute approximate surface area is 103 Å². The third-order valence-electron chi connectivity index (χ3n) is 4.40. The standard InChI is InChI=1S/C14H21N3/c1-16-12-4-2-5-14(16)11-17(9-7-12)13-6-3-8-15-10-13/h3,6,8,10,12,14H,2,4-5,7,9,11H2,1H3. The summed E-state index contributed by atoms with van der Waals surface area (Å²) in [6.45, 7) is 2.34. The molecule has 0 aliphatic carbocycles. The van der Waals surface area contributed by atoms with Crippen LogP contribution in [0.25, 0.3) is 0 Å². The second-order valence-corrected chi connectivity index (χ2v) is 5.35. The van der Waals surface area contributed by atoms with Gasteiger partial charge in [-0.15, -0.1) is 0 Å². The number of pyridine rings is 1. The van der Waals surface area contributed by atoms with Crippen molar-refractivity contribution < 1.29 is 0 Å². The number of hydrogen-bond donors (Lipinski definition) is 0. The molecule has 3 nitrogen and oxygen atoms in total. The van der Waals surface area contributed by atoms with E-state index in [1.165, 1.54) is 44.5 Å². The van der Waals surface area contributed by atoms with Gasteiger partial charge in [-0.05, 0) is 38.4 Å². The van der Waals surface area contributed by atoms with Crippen LogP contribution in [-0.4, -0.2) is 42.1 Å². The molecule has 2 atom stereocenters. The summed E-state index contributed by atoms with van der Waals surface area (Å²) in [6.07, 6.45) is 9.28. The zero-order chi connectivity index (χ0) is 11.7. The largest absolute Gasteiger partial charge is 0.369 e. The summed E-state index contributed by atoms with van der Waals surface area (Å²) in [5.41, 5.74) is 1.29. The molecule has 2 unspecified atom stereocenters. The molecule has 0 aromatic carbocycles. The molecular weight excluding hydrogens is 210 g/mol. The number of likely N-dealkylation sites (N-methyl/N-ethyl adjacent to an activating group) is 1. The zero-order valence-electron chi connectivity index (χ0n) is 10.5. The highest BCUT2D eigenvalue weighted by atomic mass is 15.3. The van der Waals surface area contributed by atoms with Crippen LogP contribution >= 0.6 is 0 Å². The zero-order valence-corrected chi connectivity index (χ0v) is 10.5. The average molecular weight is 231 g/mol. The van der Waals surface area contributed by atoms with Crippen molar-refractivity contribution in [3.63, 3.8) is 0 Å². The van der Waals surface area contributed by atoms with Crippen molar-refractivity contribution in [2.75, 3.05) is 25.0 Å². The summed E-state index contributed by atoms with van der Waals surface area (Å²) in [5, 5.41) is 0. The van der Waals surface area contributed by atoms with Gasteiger partial charge in [0.05, 0.1) is 11.9 Å². The van der Waals surface area contributed by atoms with Crippen LogP contribution in [0.1, 0.15) is 25.7 Å². The summed E-state index contributed by atoms with van der Waals surface area (Å²) < 4.78 is 0. The lowest BCUT2D eigenvalue weighted by Crippen LogP contribution is -2.45. The molecule has 3 rings (SSSR count). The quantitative estimate of drug-likeness (QED) is 0.738. The Morgan fingerprint density at radius 1 is 1.24 bits per heavy atom. The fourth-order valence-corrected chi connectivity index (χ4v) is 3.29. The van der Waals surface area contributed by atoms with Crippen molar-refractivity contribution >= 4 is 5.69 Å². The van der Waals surface area contributed by atoms with Gasteiger partial charge in [-0.2, -0.15) is 0 Å². The van der Waals surface area contributed by atoms with Gasteiger partial charge in [0.1, 0.15) is 0 Å². The fourth-order valence-electron chi connectivity index (χ4n) is 3.29. The van der Waals surface area contributed by atoms with E-state index in [-0.39, 0.29) is 0 Å². The molecule has 2 saturated heterocycles. The third-order valence-corrected chi connectivity index (χ3v) is 4.40. The summed E-state index contributed by atoms with van der Waals surface area (Å²) in [4.78, 5) is 9.36. The molecule has 2 aliphatic rings. The van der Waals surface area contributed by atoms with Gasteiger partial charge in [-0.3, -0.25) is 9.88 Å². The monoisotopic (exact) mass is 231 g/mol. The number of piperidine rings is 1. The Hall–Kier alpha value is -1.09. The van der Waals surface area contributed by atoms with E-state index < -0.39 is 0 Å². The molecule has 2 bridgehead atoms. The highest BCUT2D eigenvalue weighted by Gasteiger charge is 2.32. The molecule has 0 N–H and O–H groups in total. The molecular formula is C14H21N3. The first-order valence-corrected chi connectivity index (χ1v) is 6.71. The Kier molecular flexibility index (Phi) is 3.02. The Bertz CT molecular complexity index is 365. The molecule has 0 spiro atoms. The van der Waals surface area contributed by atoms with Gasteiger partial charge >= 0.3 is 0 Å². The number of aromatic nitrogens is 1. The maximum absolute atomic E-state index is 4.24. The van der Waals surface area contributed by atoms with Gasteiger partial charge < -0.3 is 4.90 Å². The van der Waals surface area contributed by atoms with E-state index in [4.69, 9.17) is 0 Å². The molecule has 3 heteroatoms. The Morgan fingerprint density at radius 2 is 2.12 bits per heavy atom. The van der Waals surface area contributed by atoms with Crippen LogP contribution in [0.3, 0.4) is 0 Å². The normalized spacial score (nSPS) is 30.1. The molecule has 17 heavy (non-hydrogen) atoms. The van der Waals surface area contributed by atoms with Gasteiger partial charge in [0.2, 0.25) is 0 Å². The minimum Gasteiger partial charge on any atom is -0.369 e. The Balaban J connectivity index is 1.80. The predicted octanol–water partition coefficient (Wildman–Crippen LogP) is 2.14. The lowest BCUT2D eigenvalue weighted by molar-refractivity contribution is 0.127. The third kappa shape index (κ3) is 2.16. The molecule has 92 valence electrons. The topological polar surface area (TPSA) is 19.4 Å². The summed E-state index contributed by atoms with van der Waals surface area (Å²) in [6, 6.07) is 5.75. The van der Waals surface area contributed by atoms with Crippen LogP contribution in [-0.2, 0) is 0 Å². The second-order valence-electron chi connectivity index (χ2n) is 5.35. The van der Waals surface area contributed by atoms with Crippen molar-refractivity contribution in [3.8, 4) is 0 Å². The highest BCUT2D eigenvalue weighted by molar-refractivity contribution is 5.44. The second kappa shape index (κ2) is 4.65. The highest BCUT2D eigenvalue weighted by Crippen LogP contribution is 2.29. The van der Waals surface area contributed by atoms with Crippen molar-refractivity contribution in [3.05, 3.63) is 24.5 Å². The molecule has 1 aromatic heterocycles. The van der Waals surface area contributed by atoms with Crippen LogP contribution < -0.4 is 4.90 Å². The van der Waals surface area contributed by atoms with Crippen molar-refractivity contribution in [2.45, 2.75) is 37.8 Å². The van der Waals surface area contributed by atoms with Crippen molar-refractivity contribution in [1.82, 2.24) is 9.88 Å². The van der Waals surface area contributed by atoms with Crippen molar-refractivity contribution in [2.24, 2.45) is 0 Å². The first kappa shape index (κ1) is 11.0. The molecule has 3 heterocycles. The lowest BCUT2D eigenvalue weighted by Gasteiger charge is -2.37. The molecule has 2 fully saturated rings. The van der Waals surface area contributed by atoms with Gasteiger partial charge in [0.25, 0.3) is 0 Å². The minimum atomic E-state index is 0.733. The van der Waals surface area contributed by atoms with Gasteiger partial charge in [0, 0.05) is 31.4 Å². The van der Waals surface area contributed by atoms with E-state index in [1.807, 2.05) is 18.5 Å². The predicted molar refractivity (Wildman–Crippen MR) is 70.3 cm³/mol. The van der Waals surface area contributed by atoms with Crippen molar-refractivity contribution in [1.29, 1.82) is 0 Å². The molecule has 0 radical (unpaired) electrons. The maximum atomic E-state index is 4.24. The van der Waals surface area contributed by atoms with E-state index in [1.54, 1.807) is 0 Å². The first-order valence-electron chi connectivity index (χ1n) is 6.71. The SMILES string of the molecule is CN1C2CCCC1CN(c1cccnc1)CC2. The summed E-state index contributed by atoms with van der Waals surface area (Å²) >= 11 is 0. The van der Waals surface area contributed by atoms with Crippen LogP contribution in [0.5, 0.6) is 0 Å². The van der Waals surface area contributed by atoms with E-state index in [0.717, 1.165) is 12.1 Å². The van der Waals surface area contributed by atoms with Gasteiger partial charge in [0.15, 0.2) is 0 Å². The van der Waals surface area contributed by atoms with Crippen LogP contribution in [0.2, 0.25) is 0 Å². The van der Waals surface area contributed by atoms with Crippen LogP contribution in [0.15, 0.2) is 24.5 Å². The van der Waals surface area contributed by atoms with E-state index in [2.05, 4.69) is 27.9 Å². The van der Waals surface area contributed by atoms with Crippen LogP contribution in [0, 0.1) is 0 Å². The van der Waals surface area contributed by atoms with E-state index >= 15 is 0 Å². The Morgan fingerprint density at radius 3 is 2.94 bits per heavy atom. The van der Waals surface area contributed by atoms with Gasteiger partial charge in [-0.25, -0.2) is 0 Å². The average Bonchev–Trinajstić information content (AvgIpc) is 2.48. The molecule has 0 saturated carbocycles. The summed E-state index contributed by atoms with van der Waals surface area (Å²) in [7, 11) is 2.31. The number of fused-ring (bicyclic) bond motifs is 2. The van der Waals surface area contributed by atoms with E-state index in [0.29, 0.717) is 0 Å². The number of anilines is 1. The van der Waals surface area contributed by atoms with Crippen LogP contribution in [0.4, 0.5) is 5.69 Å². The number of rotatable bonds is 1. The minimum absolute atomic E-state index is 0.733. The molecule has 2 aliphatic heterocycles. The van der Waals surface area contributed by atoms with Gasteiger partial charge in [-0.1, -0.05) is 6.42 Å². The molecule has 1 aromatic rings. The number of nitrogens with zero attached hydrogens (tertiary/aromatic N) is 3. The lowest BCUT2D eigenvalue weighted by atomic mass is 9.96. The maximum Gasteiger partial charge on any atom is 0.0553 e.